The zero-order chi connectivity index (χ0) is 25.2. The van der Waals surface area contributed by atoms with Crippen molar-refractivity contribution in [1.82, 2.24) is 19.7 Å². The van der Waals surface area contributed by atoms with Crippen LogP contribution in [0.2, 0.25) is 0 Å². The van der Waals surface area contributed by atoms with E-state index in [0.29, 0.717) is 30.9 Å². The highest BCUT2D eigenvalue weighted by atomic mass is 35.5. The molecule has 4 rings (SSSR count). The van der Waals surface area contributed by atoms with Crippen molar-refractivity contribution in [3.05, 3.63) is 82.9 Å². The maximum Gasteiger partial charge on any atom is 0.416 e. The highest BCUT2D eigenvalue weighted by Crippen LogP contribution is 2.38. The minimum Gasteiger partial charge on any atom is -0.372 e. The summed E-state index contributed by atoms with van der Waals surface area (Å²) in [6.07, 6.45) is -7.30. The van der Waals surface area contributed by atoms with E-state index in [9.17, 15) is 26.3 Å². The number of alkyl halides is 6. The zero-order valence-electron chi connectivity index (χ0n) is 19.3. The molecule has 0 bridgehead atoms. The molecule has 36 heavy (non-hydrogen) atoms. The van der Waals surface area contributed by atoms with E-state index in [0.717, 1.165) is 18.5 Å². The van der Waals surface area contributed by atoms with E-state index in [1.165, 1.54) is 0 Å². The van der Waals surface area contributed by atoms with Crippen LogP contribution in [0, 0.1) is 0 Å². The minimum atomic E-state index is -4.90. The Kier molecular flexibility index (Phi) is 8.68. The van der Waals surface area contributed by atoms with Gasteiger partial charge in [-0.1, -0.05) is 30.3 Å². The summed E-state index contributed by atoms with van der Waals surface area (Å²) in [4.78, 5) is 6.41. The average molecular weight is 535 g/mol. The molecule has 2 heterocycles. The lowest BCUT2D eigenvalue weighted by Gasteiger charge is -2.41. The molecule has 0 N–H and O–H groups in total. The lowest BCUT2D eigenvalue weighted by molar-refractivity contribution is -0.143. The molecule has 1 saturated heterocycles. The van der Waals surface area contributed by atoms with E-state index in [2.05, 4.69) is 15.0 Å². The van der Waals surface area contributed by atoms with Gasteiger partial charge in [0.1, 0.15) is 6.33 Å². The first kappa shape index (κ1) is 27.9. The van der Waals surface area contributed by atoms with Crippen LogP contribution in [0.25, 0.3) is 0 Å². The Bertz CT molecular complexity index is 1100. The van der Waals surface area contributed by atoms with Crippen molar-refractivity contribution >= 4 is 12.4 Å². The number of piperidine rings is 1. The summed E-state index contributed by atoms with van der Waals surface area (Å²) in [7, 11) is 1.76. The number of nitrogens with zero attached hydrogens (tertiary/aromatic N) is 4. The van der Waals surface area contributed by atoms with Gasteiger partial charge in [0.05, 0.1) is 36.4 Å². The molecule has 0 saturated carbocycles. The van der Waals surface area contributed by atoms with Crippen LogP contribution in [0.5, 0.6) is 0 Å². The number of benzene rings is 2. The van der Waals surface area contributed by atoms with Gasteiger partial charge in [0.2, 0.25) is 0 Å². The fourth-order valence-corrected chi connectivity index (χ4v) is 4.40. The van der Waals surface area contributed by atoms with Gasteiger partial charge in [-0.3, -0.25) is 9.58 Å². The molecule has 5 nitrogen and oxygen atoms in total. The summed E-state index contributed by atoms with van der Waals surface area (Å²) >= 11 is 0. The Morgan fingerprint density at radius 1 is 0.972 bits per heavy atom. The number of rotatable bonds is 6. The molecule has 0 spiro atoms. The lowest BCUT2D eigenvalue weighted by Crippen LogP contribution is -2.42. The van der Waals surface area contributed by atoms with Crippen molar-refractivity contribution in [2.24, 2.45) is 7.05 Å². The Labute approximate surface area is 210 Å². The molecule has 1 fully saturated rings. The van der Waals surface area contributed by atoms with Crippen LogP contribution in [0.1, 0.15) is 47.0 Å². The summed E-state index contributed by atoms with van der Waals surface area (Å²) in [5.41, 5.74) is -1.94. The van der Waals surface area contributed by atoms with Gasteiger partial charge in [-0.15, -0.1) is 12.4 Å². The third-order valence-corrected chi connectivity index (χ3v) is 5.92. The standard InChI is InChI=1S/C24H24F6N4O.ClH/c1-33-15-31-21(32-33)13-34-9-5-8-20(22(34)17-6-3-2-4-7-17)35-14-16-10-18(23(25,26)27)12-19(11-16)24(28,29)30;/h2-4,6-7,10-12,15,20,22H,5,8-9,13-14H2,1H3;1H/t20-,22-;/m0./s1. The summed E-state index contributed by atoms with van der Waals surface area (Å²) in [5, 5.41) is 4.33. The highest BCUT2D eigenvalue weighted by Gasteiger charge is 2.38. The van der Waals surface area contributed by atoms with E-state index >= 15 is 0 Å². The van der Waals surface area contributed by atoms with Crippen molar-refractivity contribution in [2.75, 3.05) is 6.54 Å². The summed E-state index contributed by atoms with van der Waals surface area (Å²) in [5.74, 6) is 0.613. The van der Waals surface area contributed by atoms with Gasteiger partial charge in [0.25, 0.3) is 0 Å². The first-order valence-electron chi connectivity index (χ1n) is 11.0. The second-order valence-corrected chi connectivity index (χ2v) is 8.57. The number of hydrogen-bond acceptors (Lipinski definition) is 4. The molecule has 0 amide bonds. The Morgan fingerprint density at radius 3 is 2.17 bits per heavy atom. The molecule has 1 aromatic heterocycles. The summed E-state index contributed by atoms with van der Waals surface area (Å²) in [6.45, 7) is 0.776. The molecule has 2 atom stereocenters. The molecule has 196 valence electrons. The fourth-order valence-electron chi connectivity index (χ4n) is 4.40. The third-order valence-electron chi connectivity index (χ3n) is 5.92. The molecule has 1 aliphatic rings. The van der Waals surface area contributed by atoms with Crippen LogP contribution in [0.15, 0.2) is 54.9 Å². The number of hydrogen-bond donors (Lipinski definition) is 0. The van der Waals surface area contributed by atoms with Crippen LogP contribution in [-0.4, -0.2) is 32.3 Å². The largest absolute Gasteiger partial charge is 0.416 e. The molecule has 3 aromatic rings. The lowest BCUT2D eigenvalue weighted by atomic mass is 9.92. The molecule has 0 aliphatic carbocycles. The van der Waals surface area contributed by atoms with E-state index in [-0.39, 0.29) is 36.7 Å². The van der Waals surface area contributed by atoms with E-state index in [1.807, 2.05) is 30.3 Å². The summed E-state index contributed by atoms with van der Waals surface area (Å²) < 4.78 is 87.1. The predicted octanol–water partition coefficient (Wildman–Crippen LogP) is 6.20. The van der Waals surface area contributed by atoms with E-state index < -0.39 is 29.6 Å². The van der Waals surface area contributed by atoms with Crippen LogP contribution >= 0.6 is 12.4 Å². The first-order chi connectivity index (χ1) is 16.5. The number of ether oxygens (including phenoxy) is 1. The quantitative estimate of drug-likeness (QED) is 0.353. The number of halogens is 7. The zero-order valence-corrected chi connectivity index (χ0v) is 20.1. The minimum absolute atomic E-state index is 0. The Hall–Kier alpha value is -2.63. The van der Waals surface area contributed by atoms with E-state index in [1.54, 1.807) is 18.1 Å². The topological polar surface area (TPSA) is 43.2 Å². The number of aryl methyl sites for hydroxylation is 1. The van der Waals surface area contributed by atoms with Gasteiger partial charge in [-0.05, 0) is 48.7 Å². The second kappa shape index (κ2) is 11.2. The molecule has 0 radical (unpaired) electrons. The molecule has 0 unspecified atom stereocenters. The predicted molar refractivity (Wildman–Crippen MR) is 122 cm³/mol. The SMILES string of the molecule is Cl.Cn1cnc(CN2CCC[C@H](OCc3cc(C(F)(F)F)cc(C(F)(F)F)c3)[C@@H]2c2ccccc2)n1. The smallest absolute Gasteiger partial charge is 0.372 e. The van der Waals surface area contributed by atoms with Crippen molar-refractivity contribution < 1.29 is 31.1 Å². The molecule has 1 aliphatic heterocycles. The van der Waals surface area contributed by atoms with Gasteiger partial charge in [-0.2, -0.15) is 31.4 Å². The molecular formula is C24H25ClF6N4O. The molecule has 2 aromatic carbocycles. The van der Waals surface area contributed by atoms with E-state index in [4.69, 9.17) is 4.74 Å². The maximum atomic E-state index is 13.2. The highest BCUT2D eigenvalue weighted by molar-refractivity contribution is 5.85. The Balaban J connectivity index is 0.00000361. The van der Waals surface area contributed by atoms with Crippen LogP contribution in [0.4, 0.5) is 26.3 Å². The maximum absolute atomic E-state index is 13.2. The number of likely N-dealkylation sites (tertiary alicyclic amines) is 1. The van der Waals surface area contributed by atoms with Crippen molar-refractivity contribution in [1.29, 1.82) is 0 Å². The van der Waals surface area contributed by atoms with Gasteiger partial charge in [0.15, 0.2) is 5.82 Å². The van der Waals surface area contributed by atoms with Gasteiger partial charge >= 0.3 is 12.4 Å². The van der Waals surface area contributed by atoms with Crippen molar-refractivity contribution in [3.63, 3.8) is 0 Å². The third kappa shape index (κ3) is 6.77. The van der Waals surface area contributed by atoms with Crippen molar-refractivity contribution in [3.8, 4) is 0 Å². The molecular weight excluding hydrogens is 510 g/mol. The van der Waals surface area contributed by atoms with Gasteiger partial charge < -0.3 is 4.74 Å². The Morgan fingerprint density at radius 2 is 1.61 bits per heavy atom. The number of aromatic nitrogens is 3. The van der Waals surface area contributed by atoms with Crippen molar-refractivity contribution in [2.45, 2.75) is 50.5 Å². The van der Waals surface area contributed by atoms with Gasteiger partial charge in [-0.25, -0.2) is 4.98 Å². The summed E-state index contributed by atoms with van der Waals surface area (Å²) in [6, 6.07) is 10.8. The molecule has 12 heteroatoms. The van der Waals surface area contributed by atoms with Gasteiger partial charge in [0, 0.05) is 7.05 Å². The van der Waals surface area contributed by atoms with Crippen LogP contribution in [-0.2, 0) is 37.3 Å². The first-order valence-corrected chi connectivity index (χ1v) is 11.0. The van der Waals surface area contributed by atoms with Crippen LogP contribution in [0.3, 0.4) is 0 Å². The monoisotopic (exact) mass is 534 g/mol. The second-order valence-electron chi connectivity index (χ2n) is 8.57. The average Bonchev–Trinajstić information content (AvgIpc) is 3.21. The fraction of sp³-hybridized carbons (Fsp3) is 0.417. The van der Waals surface area contributed by atoms with Crippen LogP contribution < -0.4 is 0 Å². The normalized spacial score (nSPS) is 19.2.